The highest BCUT2D eigenvalue weighted by molar-refractivity contribution is 5.46. The number of nitrogens with zero attached hydrogens (tertiary/aromatic N) is 3. The van der Waals surface area contributed by atoms with Gasteiger partial charge in [-0.1, -0.05) is 12.1 Å². The first-order valence-corrected chi connectivity index (χ1v) is 6.31. The highest BCUT2D eigenvalue weighted by Gasteiger charge is 2.05. The van der Waals surface area contributed by atoms with Gasteiger partial charge in [-0.15, -0.1) is 0 Å². The van der Waals surface area contributed by atoms with Crippen molar-refractivity contribution in [1.82, 2.24) is 9.97 Å². The van der Waals surface area contributed by atoms with Crippen molar-refractivity contribution in [2.45, 2.75) is 20.3 Å². The van der Waals surface area contributed by atoms with E-state index < -0.39 is 0 Å². The number of ether oxygens (including phenoxy) is 1. The van der Waals surface area contributed by atoms with Crippen LogP contribution in [0.2, 0.25) is 0 Å². The first kappa shape index (κ1) is 13.8. The van der Waals surface area contributed by atoms with E-state index in [1.165, 1.54) is 6.20 Å². The fourth-order valence-corrected chi connectivity index (χ4v) is 1.76. The van der Waals surface area contributed by atoms with Crippen LogP contribution in [0.4, 0.5) is 5.82 Å². The molecule has 0 aliphatic carbocycles. The third kappa shape index (κ3) is 3.23. The molecule has 2 N–H and O–H groups in total. The molecule has 0 unspecified atom stereocenters. The summed E-state index contributed by atoms with van der Waals surface area (Å²) in [4.78, 5) is 8.17. The molecule has 0 atom stereocenters. The monoisotopic (exact) mass is 268 g/mol. The minimum Gasteiger partial charge on any atom is -0.493 e. The Hall–Kier alpha value is -2.61. The molecule has 0 aliphatic heterocycles. The number of nitrogen functional groups attached to an aromatic ring is 1. The highest BCUT2D eigenvalue weighted by atomic mass is 16.5. The summed E-state index contributed by atoms with van der Waals surface area (Å²) in [7, 11) is 0. The average molecular weight is 268 g/mol. The molecule has 20 heavy (non-hydrogen) atoms. The number of rotatable bonds is 4. The van der Waals surface area contributed by atoms with Crippen LogP contribution in [-0.2, 0) is 6.42 Å². The molecule has 0 bridgehead atoms. The minimum atomic E-state index is 0.212. The van der Waals surface area contributed by atoms with E-state index in [1.54, 1.807) is 0 Å². The number of nitrogens with two attached hydrogens (primary N) is 1. The van der Waals surface area contributed by atoms with Gasteiger partial charge in [0, 0.05) is 6.42 Å². The Morgan fingerprint density at radius 3 is 2.85 bits per heavy atom. The first-order chi connectivity index (χ1) is 9.60. The standard InChI is InChI=1S/C15H16N4O/c1-10-3-4-11(2)13(7-10)20-6-5-14-18-9-12(8-16)15(17)19-14/h3-4,7,9H,5-6H2,1-2H3,(H2,17,18,19). The smallest absolute Gasteiger partial charge is 0.145 e. The Kier molecular flexibility index (Phi) is 4.16. The average Bonchev–Trinajstić information content (AvgIpc) is 2.43. The van der Waals surface area contributed by atoms with E-state index >= 15 is 0 Å². The highest BCUT2D eigenvalue weighted by Crippen LogP contribution is 2.19. The number of nitriles is 1. The van der Waals surface area contributed by atoms with Gasteiger partial charge in [-0.3, -0.25) is 0 Å². The second-order valence-corrected chi connectivity index (χ2v) is 4.56. The number of hydrogen-bond acceptors (Lipinski definition) is 5. The minimum absolute atomic E-state index is 0.212. The van der Waals surface area contributed by atoms with Crippen LogP contribution in [0.15, 0.2) is 24.4 Å². The summed E-state index contributed by atoms with van der Waals surface area (Å²) in [5.74, 6) is 1.66. The fraction of sp³-hybridized carbons (Fsp3) is 0.267. The molecule has 102 valence electrons. The van der Waals surface area contributed by atoms with Gasteiger partial charge in [0.15, 0.2) is 0 Å². The van der Waals surface area contributed by atoms with E-state index in [0.29, 0.717) is 24.4 Å². The van der Waals surface area contributed by atoms with Crippen molar-refractivity contribution in [3.8, 4) is 11.8 Å². The van der Waals surface area contributed by atoms with Gasteiger partial charge in [0.05, 0.1) is 12.8 Å². The second-order valence-electron chi connectivity index (χ2n) is 4.56. The lowest BCUT2D eigenvalue weighted by molar-refractivity contribution is 0.316. The van der Waals surface area contributed by atoms with Crippen molar-refractivity contribution >= 4 is 5.82 Å². The van der Waals surface area contributed by atoms with Gasteiger partial charge in [0.1, 0.15) is 29.0 Å². The van der Waals surface area contributed by atoms with Crippen LogP contribution < -0.4 is 10.5 Å². The lowest BCUT2D eigenvalue weighted by Crippen LogP contribution is -2.08. The van der Waals surface area contributed by atoms with Crippen molar-refractivity contribution < 1.29 is 4.74 Å². The molecule has 0 spiro atoms. The van der Waals surface area contributed by atoms with Crippen LogP contribution in [0.5, 0.6) is 5.75 Å². The van der Waals surface area contributed by atoms with Crippen molar-refractivity contribution in [3.05, 3.63) is 46.9 Å². The largest absolute Gasteiger partial charge is 0.493 e. The zero-order chi connectivity index (χ0) is 14.5. The lowest BCUT2D eigenvalue weighted by Gasteiger charge is -2.09. The van der Waals surface area contributed by atoms with Crippen LogP contribution in [0.25, 0.3) is 0 Å². The van der Waals surface area contributed by atoms with E-state index in [-0.39, 0.29) is 5.82 Å². The van der Waals surface area contributed by atoms with Crippen LogP contribution in [0.3, 0.4) is 0 Å². The maximum absolute atomic E-state index is 8.76. The third-order valence-corrected chi connectivity index (χ3v) is 2.92. The van der Waals surface area contributed by atoms with Gasteiger partial charge in [-0.2, -0.15) is 5.26 Å². The van der Waals surface area contributed by atoms with Crippen molar-refractivity contribution in [2.75, 3.05) is 12.3 Å². The normalized spacial score (nSPS) is 10.1. The van der Waals surface area contributed by atoms with Crippen LogP contribution in [0.1, 0.15) is 22.5 Å². The van der Waals surface area contributed by atoms with E-state index in [4.69, 9.17) is 15.7 Å². The summed E-state index contributed by atoms with van der Waals surface area (Å²) < 4.78 is 5.73. The van der Waals surface area contributed by atoms with Gasteiger partial charge in [0.25, 0.3) is 0 Å². The van der Waals surface area contributed by atoms with Gasteiger partial charge in [-0.05, 0) is 31.0 Å². The van der Waals surface area contributed by atoms with E-state index in [1.807, 2.05) is 38.1 Å². The lowest BCUT2D eigenvalue weighted by atomic mass is 10.1. The van der Waals surface area contributed by atoms with Crippen LogP contribution >= 0.6 is 0 Å². The predicted octanol–water partition coefficient (Wildman–Crippen LogP) is 2.17. The summed E-state index contributed by atoms with van der Waals surface area (Å²) in [6.07, 6.45) is 1.98. The topological polar surface area (TPSA) is 84.8 Å². The number of hydrogen-bond donors (Lipinski definition) is 1. The van der Waals surface area contributed by atoms with Crippen molar-refractivity contribution in [1.29, 1.82) is 5.26 Å². The molecular weight excluding hydrogens is 252 g/mol. The zero-order valence-corrected chi connectivity index (χ0v) is 11.6. The molecule has 0 amide bonds. The molecule has 5 nitrogen and oxygen atoms in total. The third-order valence-electron chi connectivity index (χ3n) is 2.92. The van der Waals surface area contributed by atoms with E-state index in [0.717, 1.165) is 16.9 Å². The molecule has 1 aromatic heterocycles. The number of aryl methyl sites for hydroxylation is 2. The Labute approximate surface area is 118 Å². The van der Waals surface area contributed by atoms with Gasteiger partial charge >= 0.3 is 0 Å². The van der Waals surface area contributed by atoms with E-state index in [2.05, 4.69) is 9.97 Å². The van der Waals surface area contributed by atoms with Gasteiger partial charge in [0.2, 0.25) is 0 Å². The Morgan fingerprint density at radius 2 is 2.15 bits per heavy atom. The van der Waals surface area contributed by atoms with Gasteiger partial charge in [-0.25, -0.2) is 9.97 Å². The Bertz CT molecular complexity index is 661. The molecule has 1 heterocycles. The molecule has 0 saturated heterocycles. The van der Waals surface area contributed by atoms with Gasteiger partial charge < -0.3 is 10.5 Å². The SMILES string of the molecule is Cc1ccc(C)c(OCCc2ncc(C#N)c(N)n2)c1. The van der Waals surface area contributed by atoms with Crippen LogP contribution in [-0.4, -0.2) is 16.6 Å². The summed E-state index contributed by atoms with van der Waals surface area (Å²) in [6, 6.07) is 8.02. The van der Waals surface area contributed by atoms with Crippen molar-refractivity contribution in [2.24, 2.45) is 0 Å². The summed E-state index contributed by atoms with van der Waals surface area (Å²) in [5.41, 5.74) is 8.19. The predicted molar refractivity (Wildman–Crippen MR) is 76.3 cm³/mol. The maximum Gasteiger partial charge on any atom is 0.145 e. The molecule has 0 saturated carbocycles. The van der Waals surface area contributed by atoms with Crippen LogP contribution in [0, 0.1) is 25.2 Å². The summed E-state index contributed by atoms with van der Waals surface area (Å²) in [5, 5.41) is 8.76. The number of benzene rings is 1. The summed E-state index contributed by atoms with van der Waals surface area (Å²) >= 11 is 0. The number of anilines is 1. The molecule has 1 aromatic carbocycles. The molecular formula is C15H16N4O. The molecule has 2 rings (SSSR count). The first-order valence-electron chi connectivity index (χ1n) is 6.31. The fourth-order valence-electron chi connectivity index (χ4n) is 1.76. The Balaban J connectivity index is 1.98. The molecule has 0 fully saturated rings. The van der Waals surface area contributed by atoms with Crippen molar-refractivity contribution in [3.63, 3.8) is 0 Å². The second kappa shape index (κ2) is 6.02. The number of aromatic nitrogens is 2. The maximum atomic E-state index is 8.76. The molecule has 0 radical (unpaired) electrons. The zero-order valence-electron chi connectivity index (χ0n) is 11.6. The molecule has 0 aliphatic rings. The quantitative estimate of drug-likeness (QED) is 0.918. The van der Waals surface area contributed by atoms with E-state index in [9.17, 15) is 0 Å². The molecule has 5 heteroatoms. The summed E-state index contributed by atoms with van der Waals surface area (Å²) in [6.45, 7) is 4.50. The Morgan fingerprint density at radius 1 is 1.35 bits per heavy atom. The molecule has 2 aromatic rings.